The van der Waals surface area contributed by atoms with Gasteiger partial charge in [0.05, 0.1) is 12.6 Å². The van der Waals surface area contributed by atoms with Crippen molar-refractivity contribution in [3.63, 3.8) is 0 Å². The molecule has 1 aliphatic rings. The normalized spacial score (nSPS) is 19.1. The van der Waals surface area contributed by atoms with Gasteiger partial charge in [-0.15, -0.1) is 0 Å². The van der Waals surface area contributed by atoms with Crippen LogP contribution in [0.3, 0.4) is 0 Å². The molecule has 0 saturated carbocycles. The van der Waals surface area contributed by atoms with Crippen molar-refractivity contribution in [3.8, 4) is 17.7 Å². The molecule has 0 saturated heterocycles. The van der Waals surface area contributed by atoms with Gasteiger partial charge in [0.15, 0.2) is 0 Å². The molecule has 3 atom stereocenters. The minimum atomic E-state index is -0.302. The van der Waals surface area contributed by atoms with Crippen molar-refractivity contribution >= 4 is 5.91 Å². The highest BCUT2D eigenvalue weighted by Gasteiger charge is 2.34. The van der Waals surface area contributed by atoms with Crippen LogP contribution in [0.25, 0.3) is 0 Å². The molecule has 6 heteroatoms. The second kappa shape index (κ2) is 11.8. The number of carbonyl (C=O) groups excluding carboxylic acids is 1. The lowest BCUT2D eigenvalue weighted by atomic mass is 9.99. The van der Waals surface area contributed by atoms with Crippen LogP contribution >= 0.6 is 0 Å². The molecule has 0 fully saturated rings. The van der Waals surface area contributed by atoms with Crippen molar-refractivity contribution < 1.29 is 14.6 Å². The highest BCUT2D eigenvalue weighted by atomic mass is 16.5. The molecule has 2 aromatic rings. The van der Waals surface area contributed by atoms with Gasteiger partial charge >= 0.3 is 0 Å². The number of fused-ring (bicyclic) bond motifs is 1. The molecule has 1 aromatic heterocycles. The fourth-order valence-electron chi connectivity index (χ4n) is 3.94. The SMILES string of the molecule is CCCC#Cc1cnc2c(c1)C(=O)N([C@@H](C)CO)C[C@H](C)[C@@H](CN(C)Cc1ccccc1)O2. The van der Waals surface area contributed by atoms with Crippen molar-refractivity contribution in [2.24, 2.45) is 5.92 Å². The van der Waals surface area contributed by atoms with Crippen molar-refractivity contribution in [1.29, 1.82) is 0 Å². The number of ether oxygens (including phenoxy) is 1. The van der Waals surface area contributed by atoms with Gasteiger partial charge in [-0.2, -0.15) is 0 Å². The Morgan fingerprint density at radius 3 is 2.79 bits per heavy atom. The first kappa shape index (κ1) is 24.8. The van der Waals surface area contributed by atoms with Gasteiger partial charge in [0.2, 0.25) is 5.88 Å². The second-order valence-electron chi connectivity index (χ2n) is 8.93. The monoisotopic (exact) mass is 449 g/mol. The Hall–Kier alpha value is -2.88. The van der Waals surface area contributed by atoms with E-state index in [9.17, 15) is 9.90 Å². The molecule has 176 valence electrons. The number of hydrogen-bond donors (Lipinski definition) is 1. The summed E-state index contributed by atoms with van der Waals surface area (Å²) in [5.41, 5.74) is 2.33. The molecule has 0 unspecified atom stereocenters. The van der Waals surface area contributed by atoms with E-state index in [4.69, 9.17) is 4.74 Å². The van der Waals surface area contributed by atoms with Gasteiger partial charge in [-0.1, -0.05) is 56.0 Å². The van der Waals surface area contributed by atoms with Crippen molar-refractivity contribution in [2.75, 3.05) is 26.7 Å². The second-order valence-corrected chi connectivity index (χ2v) is 8.93. The first-order valence-electron chi connectivity index (χ1n) is 11.7. The maximum Gasteiger partial charge on any atom is 0.259 e. The maximum atomic E-state index is 13.4. The number of benzene rings is 1. The number of aromatic nitrogens is 1. The summed E-state index contributed by atoms with van der Waals surface area (Å²) in [4.78, 5) is 21.9. The molecule has 3 rings (SSSR count). The molecule has 6 nitrogen and oxygen atoms in total. The zero-order valence-electron chi connectivity index (χ0n) is 20.1. The first-order chi connectivity index (χ1) is 15.9. The number of aliphatic hydroxyl groups is 1. The third kappa shape index (κ3) is 6.56. The van der Waals surface area contributed by atoms with Crippen LogP contribution in [0.1, 0.15) is 55.1 Å². The van der Waals surface area contributed by atoms with E-state index in [-0.39, 0.29) is 30.6 Å². The molecule has 1 N–H and O–H groups in total. The minimum absolute atomic E-state index is 0.0557. The topological polar surface area (TPSA) is 65.9 Å². The number of nitrogens with zero attached hydrogens (tertiary/aromatic N) is 3. The molecular formula is C27H35N3O3. The number of hydrogen-bond acceptors (Lipinski definition) is 5. The van der Waals surface area contributed by atoms with Gasteiger partial charge in [0.25, 0.3) is 5.91 Å². The summed E-state index contributed by atoms with van der Waals surface area (Å²) in [5.74, 6) is 6.41. The number of aliphatic hydroxyl groups excluding tert-OH is 1. The largest absolute Gasteiger partial charge is 0.472 e. The maximum absolute atomic E-state index is 13.4. The summed E-state index contributed by atoms with van der Waals surface area (Å²) in [5, 5.41) is 9.80. The lowest BCUT2D eigenvalue weighted by molar-refractivity contribution is 0.0325. The average Bonchev–Trinajstić information content (AvgIpc) is 2.82. The summed E-state index contributed by atoms with van der Waals surface area (Å²) < 4.78 is 6.36. The molecular weight excluding hydrogens is 414 g/mol. The van der Waals surface area contributed by atoms with Crippen LogP contribution in [0.4, 0.5) is 0 Å². The van der Waals surface area contributed by atoms with E-state index in [0.29, 0.717) is 30.1 Å². The molecule has 2 heterocycles. The Morgan fingerprint density at radius 1 is 1.33 bits per heavy atom. The first-order valence-corrected chi connectivity index (χ1v) is 11.7. The summed E-state index contributed by atoms with van der Waals surface area (Å²) in [6.45, 7) is 7.91. The van der Waals surface area contributed by atoms with E-state index in [1.165, 1.54) is 5.56 Å². The molecule has 0 spiro atoms. The van der Waals surface area contributed by atoms with Crippen LogP contribution in [-0.2, 0) is 6.54 Å². The lowest BCUT2D eigenvalue weighted by Crippen LogP contribution is -2.49. The Labute approximate surface area is 197 Å². The van der Waals surface area contributed by atoms with Crippen molar-refractivity contribution in [1.82, 2.24) is 14.8 Å². The molecule has 1 aromatic carbocycles. The lowest BCUT2D eigenvalue weighted by Gasteiger charge is -2.37. The molecule has 0 aliphatic carbocycles. The predicted octanol–water partition coefficient (Wildman–Crippen LogP) is 3.59. The average molecular weight is 450 g/mol. The Balaban J connectivity index is 1.89. The summed E-state index contributed by atoms with van der Waals surface area (Å²) in [6.07, 6.45) is 3.28. The molecule has 1 aliphatic heterocycles. The Bertz CT molecular complexity index is 983. The number of pyridine rings is 1. The highest BCUT2D eigenvalue weighted by molar-refractivity contribution is 5.97. The minimum Gasteiger partial charge on any atom is -0.472 e. The fraction of sp³-hybridized carbons (Fsp3) is 0.481. The zero-order chi connectivity index (χ0) is 23.8. The van der Waals surface area contributed by atoms with Crippen LogP contribution in [0.2, 0.25) is 0 Å². The van der Waals surface area contributed by atoms with Crippen LogP contribution in [-0.4, -0.2) is 64.7 Å². The summed E-state index contributed by atoms with van der Waals surface area (Å²) >= 11 is 0. The molecule has 33 heavy (non-hydrogen) atoms. The third-order valence-corrected chi connectivity index (χ3v) is 5.92. The summed E-state index contributed by atoms with van der Waals surface area (Å²) in [7, 11) is 2.07. The van der Waals surface area contributed by atoms with E-state index in [1.54, 1.807) is 17.2 Å². The summed E-state index contributed by atoms with van der Waals surface area (Å²) in [6, 6.07) is 11.8. The Kier molecular flexibility index (Phi) is 8.87. The van der Waals surface area contributed by atoms with Crippen LogP contribution in [0, 0.1) is 17.8 Å². The number of amides is 1. The molecule has 0 radical (unpaired) electrons. The van der Waals surface area contributed by atoms with Crippen molar-refractivity contribution in [3.05, 3.63) is 59.3 Å². The van der Waals surface area contributed by atoms with Gasteiger partial charge in [-0.3, -0.25) is 9.69 Å². The number of rotatable bonds is 7. The van der Waals surface area contributed by atoms with Crippen molar-refractivity contribution in [2.45, 2.75) is 52.3 Å². The van der Waals surface area contributed by atoms with E-state index in [1.807, 2.05) is 25.1 Å². The van der Waals surface area contributed by atoms with Gasteiger partial charge in [-0.25, -0.2) is 4.98 Å². The quantitative estimate of drug-likeness (QED) is 0.655. The van der Waals surface area contributed by atoms with Gasteiger partial charge < -0.3 is 14.7 Å². The van der Waals surface area contributed by atoms with E-state index < -0.39 is 0 Å². The highest BCUT2D eigenvalue weighted by Crippen LogP contribution is 2.27. The predicted molar refractivity (Wildman–Crippen MR) is 130 cm³/mol. The smallest absolute Gasteiger partial charge is 0.259 e. The number of carbonyl (C=O) groups is 1. The van der Waals surface area contributed by atoms with Crippen LogP contribution < -0.4 is 4.74 Å². The Morgan fingerprint density at radius 2 is 2.09 bits per heavy atom. The zero-order valence-corrected chi connectivity index (χ0v) is 20.1. The third-order valence-electron chi connectivity index (χ3n) is 5.92. The van der Waals surface area contributed by atoms with Gasteiger partial charge in [0.1, 0.15) is 11.7 Å². The van der Waals surface area contributed by atoms with Gasteiger partial charge in [0, 0.05) is 43.7 Å². The number of unbranched alkanes of at least 4 members (excludes halogenated alkanes) is 1. The molecule has 1 amide bonds. The van der Waals surface area contributed by atoms with Crippen LogP contribution in [0.15, 0.2) is 42.6 Å². The van der Waals surface area contributed by atoms with Gasteiger partial charge in [-0.05, 0) is 32.0 Å². The van der Waals surface area contributed by atoms with E-state index in [2.05, 4.69) is 54.8 Å². The fourth-order valence-corrected chi connectivity index (χ4v) is 3.94. The van der Waals surface area contributed by atoms with Crippen LogP contribution in [0.5, 0.6) is 5.88 Å². The number of likely N-dealkylation sites (N-methyl/N-ethyl adjacent to an activating group) is 1. The van der Waals surface area contributed by atoms with E-state index in [0.717, 1.165) is 19.4 Å². The van der Waals surface area contributed by atoms with E-state index >= 15 is 0 Å². The standard InChI is InChI=1S/C27H35N3O3/c1-5-6-8-13-23-14-24-26(28-15-23)33-25(18-29(4)17-22-11-9-7-10-12-22)20(2)16-30(27(24)32)21(3)19-31/h7,9-12,14-15,20-21,25,31H,5-6,16-19H2,1-4H3/t20-,21-,25+/m0/s1. The molecule has 0 bridgehead atoms.